The van der Waals surface area contributed by atoms with Gasteiger partial charge in [0.1, 0.15) is 5.15 Å². The second kappa shape index (κ2) is 4.57. The smallest absolute Gasteiger partial charge is 0.129 e. The van der Waals surface area contributed by atoms with Gasteiger partial charge in [-0.15, -0.1) is 0 Å². The van der Waals surface area contributed by atoms with Crippen molar-refractivity contribution in [2.75, 3.05) is 19.6 Å². The van der Waals surface area contributed by atoms with Crippen molar-refractivity contribution in [3.05, 3.63) is 27.5 Å². The van der Waals surface area contributed by atoms with Gasteiger partial charge in [-0.25, -0.2) is 4.98 Å². The van der Waals surface area contributed by atoms with Gasteiger partial charge >= 0.3 is 0 Å². The fourth-order valence-electron chi connectivity index (χ4n) is 1.57. The molecule has 0 bridgehead atoms. The minimum Gasteiger partial charge on any atom is -0.314 e. The Hall–Kier alpha value is -0.160. The molecular formula is C9H11BrClN3. The molecule has 1 aromatic heterocycles. The minimum atomic E-state index is 0.318. The number of halogens is 2. The monoisotopic (exact) mass is 275 g/mol. The Kier molecular flexibility index (Phi) is 3.38. The molecule has 76 valence electrons. The van der Waals surface area contributed by atoms with Crippen LogP contribution in [0.4, 0.5) is 0 Å². The van der Waals surface area contributed by atoms with Gasteiger partial charge in [0.15, 0.2) is 0 Å². The zero-order chi connectivity index (χ0) is 9.97. The fraction of sp³-hybridized carbons (Fsp3) is 0.444. The van der Waals surface area contributed by atoms with Gasteiger partial charge in [-0.1, -0.05) is 11.6 Å². The molecule has 0 radical (unpaired) electrons. The molecule has 0 amide bonds. The number of aromatic nitrogens is 1. The first kappa shape index (κ1) is 10.4. The van der Waals surface area contributed by atoms with Crippen LogP contribution in [0.15, 0.2) is 16.7 Å². The van der Waals surface area contributed by atoms with Gasteiger partial charge < -0.3 is 10.6 Å². The molecule has 1 aliphatic heterocycles. The van der Waals surface area contributed by atoms with E-state index in [4.69, 9.17) is 11.6 Å². The van der Waals surface area contributed by atoms with Gasteiger partial charge in [-0.3, -0.25) is 0 Å². The number of hydrogen-bond donors (Lipinski definition) is 2. The first-order valence-electron chi connectivity index (χ1n) is 4.52. The number of hydrogen-bond acceptors (Lipinski definition) is 3. The van der Waals surface area contributed by atoms with Crippen molar-refractivity contribution >= 4 is 27.5 Å². The topological polar surface area (TPSA) is 37.0 Å². The van der Waals surface area contributed by atoms with E-state index in [1.165, 1.54) is 0 Å². The lowest BCUT2D eigenvalue weighted by atomic mass is 10.1. The van der Waals surface area contributed by atoms with E-state index in [-0.39, 0.29) is 0 Å². The van der Waals surface area contributed by atoms with Crippen LogP contribution in [-0.2, 0) is 0 Å². The first-order valence-corrected chi connectivity index (χ1v) is 5.69. The molecule has 3 nitrogen and oxygen atoms in total. The molecule has 0 unspecified atom stereocenters. The van der Waals surface area contributed by atoms with Crippen LogP contribution < -0.4 is 10.6 Å². The normalized spacial score (nSPS) is 22.3. The van der Waals surface area contributed by atoms with E-state index in [1.807, 2.05) is 6.07 Å². The number of nitrogens with one attached hydrogen (secondary N) is 2. The highest BCUT2D eigenvalue weighted by Crippen LogP contribution is 2.25. The van der Waals surface area contributed by atoms with Crippen LogP contribution in [0.3, 0.4) is 0 Å². The molecule has 2 N–H and O–H groups in total. The highest BCUT2D eigenvalue weighted by Gasteiger charge is 2.17. The number of pyridine rings is 1. The Labute approximate surface area is 96.4 Å². The molecule has 0 spiro atoms. The molecule has 0 saturated carbocycles. The molecule has 5 heteroatoms. The van der Waals surface area contributed by atoms with Crippen LogP contribution in [0.25, 0.3) is 0 Å². The zero-order valence-corrected chi connectivity index (χ0v) is 9.90. The van der Waals surface area contributed by atoms with Crippen LogP contribution in [0.2, 0.25) is 5.15 Å². The second-order valence-corrected chi connectivity index (χ2v) is 4.48. The van der Waals surface area contributed by atoms with Gasteiger partial charge in [0.2, 0.25) is 0 Å². The minimum absolute atomic E-state index is 0.318. The van der Waals surface area contributed by atoms with Crippen LogP contribution >= 0.6 is 27.5 Å². The van der Waals surface area contributed by atoms with Crippen LogP contribution in [0.5, 0.6) is 0 Å². The van der Waals surface area contributed by atoms with E-state index >= 15 is 0 Å². The third kappa shape index (κ3) is 2.25. The standard InChI is InChI=1S/C9H11BrClN3/c10-7-4-14-9(11)3-6(7)8-5-12-1-2-13-8/h3-4,8,12-13H,1-2,5H2/t8-/m1/s1. The van der Waals surface area contributed by atoms with Crippen LogP contribution in [0.1, 0.15) is 11.6 Å². The predicted octanol–water partition coefficient (Wildman–Crippen LogP) is 1.73. The number of nitrogens with zero attached hydrogens (tertiary/aromatic N) is 1. The highest BCUT2D eigenvalue weighted by atomic mass is 79.9. The van der Waals surface area contributed by atoms with Crippen molar-refractivity contribution in [2.45, 2.75) is 6.04 Å². The fourth-order valence-corrected chi connectivity index (χ4v) is 2.23. The van der Waals surface area contributed by atoms with Gasteiger partial charge in [-0.2, -0.15) is 0 Å². The molecule has 1 saturated heterocycles. The summed E-state index contributed by atoms with van der Waals surface area (Å²) in [6.07, 6.45) is 1.74. The summed E-state index contributed by atoms with van der Waals surface area (Å²) in [5.41, 5.74) is 1.16. The molecule has 1 atom stereocenters. The number of piperazine rings is 1. The second-order valence-electron chi connectivity index (χ2n) is 3.24. The lowest BCUT2D eigenvalue weighted by molar-refractivity contribution is 0.429. The van der Waals surface area contributed by atoms with Crippen molar-refractivity contribution in [1.29, 1.82) is 0 Å². The quantitative estimate of drug-likeness (QED) is 0.767. The molecule has 1 fully saturated rings. The van der Waals surface area contributed by atoms with Gasteiger partial charge in [0.05, 0.1) is 0 Å². The summed E-state index contributed by atoms with van der Waals surface area (Å²) in [5.74, 6) is 0. The lowest BCUT2D eigenvalue weighted by Crippen LogP contribution is -2.42. The van der Waals surface area contributed by atoms with Crippen molar-refractivity contribution in [3.8, 4) is 0 Å². The average molecular weight is 277 g/mol. The maximum atomic E-state index is 5.86. The summed E-state index contributed by atoms with van der Waals surface area (Å²) in [5, 5.41) is 7.30. The Morgan fingerprint density at radius 1 is 1.50 bits per heavy atom. The molecular weight excluding hydrogens is 265 g/mol. The maximum absolute atomic E-state index is 5.86. The average Bonchev–Trinajstić information content (AvgIpc) is 2.23. The number of rotatable bonds is 1. The Morgan fingerprint density at radius 3 is 3.07 bits per heavy atom. The van der Waals surface area contributed by atoms with Gasteiger partial charge in [-0.05, 0) is 27.6 Å². The third-order valence-corrected chi connectivity index (χ3v) is 3.14. The van der Waals surface area contributed by atoms with E-state index in [0.29, 0.717) is 11.2 Å². The van der Waals surface area contributed by atoms with E-state index in [2.05, 4.69) is 31.5 Å². The Morgan fingerprint density at radius 2 is 2.36 bits per heavy atom. The summed E-state index contributed by atoms with van der Waals surface area (Å²) in [6, 6.07) is 2.22. The zero-order valence-electron chi connectivity index (χ0n) is 7.56. The van der Waals surface area contributed by atoms with Gasteiger partial charge in [0, 0.05) is 36.3 Å². The van der Waals surface area contributed by atoms with E-state index < -0.39 is 0 Å². The highest BCUT2D eigenvalue weighted by molar-refractivity contribution is 9.10. The first-order chi connectivity index (χ1) is 6.77. The van der Waals surface area contributed by atoms with Crippen molar-refractivity contribution < 1.29 is 0 Å². The summed E-state index contributed by atoms with van der Waals surface area (Å²) in [7, 11) is 0. The molecule has 0 aromatic carbocycles. The summed E-state index contributed by atoms with van der Waals surface area (Å²) in [4.78, 5) is 4.00. The largest absolute Gasteiger partial charge is 0.314 e. The van der Waals surface area contributed by atoms with Crippen LogP contribution in [0, 0.1) is 0 Å². The SMILES string of the molecule is Clc1cc([C@H]2CNCCN2)c(Br)cn1. The Balaban J connectivity index is 2.24. The Bertz CT molecular complexity index is 326. The van der Waals surface area contributed by atoms with Crippen molar-refractivity contribution in [3.63, 3.8) is 0 Å². The summed E-state index contributed by atoms with van der Waals surface area (Å²) >= 11 is 9.33. The molecule has 2 rings (SSSR count). The van der Waals surface area contributed by atoms with Gasteiger partial charge in [0.25, 0.3) is 0 Å². The van der Waals surface area contributed by atoms with E-state index in [9.17, 15) is 0 Å². The van der Waals surface area contributed by atoms with E-state index in [1.54, 1.807) is 6.20 Å². The van der Waals surface area contributed by atoms with Crippen LogP contribution in [-0.4, -0.2) is 24.6 Å². The molecule has 2 heterocycles. The molecule has 14 heavy (non-hydrogen) atoms. The third-order valence-electron chi connectivity index (χ3n) is 2.27. The maximum Gasteiger partial charge on any atom is 0.129 e. The summed E-state index contributed by atoms with van der Waals surface area (Å²) < 4.78 is 1.00. The summed E-state index contributed by atoms with van der Waals surface area (Å²) in [6.45, 7) is 2.93. The molecule has 1 aliphatic rings. The van der Waals surface area contributed by atoms with E-state index in [0.717, 1.165) is 29.7 Å². The molecule has 0 aliphatic carbocycles. The van der Waals surface area contributed by atoms with Crippen molar-refractivity contribution in [1.82, 2.24) is 15.6 Å². The predicted molar refractivity (Wildman–Crippen MR) is 60.6 cm³/mol. The van der Waals surface area contributed by atoms with Crippen molar-refractivity contribution in [2.24, 2.45) is 0 Å². The lowest BCUT2D eigenvalue weighted by Gasteiger charge is -2.25. The molecule has 1 aromatic rings.